The van der Waals surface area contributed by atoms with E-state index in [0.717, 1.165) is 22.4 Å². The number of aryl methyl sites for hydroxylation is 2. The van der Waals surface area contributed by atoms with E-state index in [1.807, 2.05) is 44.2 Å². The van der Waals surface area contributed by atoms with Gasteiger partial charge in [0.05, 0.1) is 12.7 Å². The standard InChI is InChI=1S/C18H19NO4/c1-11-6-12(2)17(16(7-11)21-3)18(20)19-9-13-4-5-14-15(8-13)23-10-22-14/h4-8H,9-10H2,1-3H3,(H,19,20). The topological polar surface area (TPSA) is 56.8 Å². The maximum atomic E-state index is 12.5. The molecule has 1 amide bonds. The minimum atomic E-state index is -0.156. The Morgan fingerprint density at radius 1 is 1.17 bits per heavy atom. The van der Waals surface area contributed by atoms with Gasteiger partial charge in [0.2, 0.25) is 6.79 Å². The predicted octanol–water partition coefficient (Wildman–Crippen LogP) is 2.97. The number of methoxy groups -OCH3 is 1. The number of hydrogen-bond acceptors (Lipinski definition) is 4. The second-order valence-electron chi connectivity index (χ2n) is 5.53. The molecule has 2 aromatic carbocycles. The Bertz CT molecular complexity index is 755. The summed E-state index contributed by atoms with van der Waals surface area (Å²) in [6.45, 7) is 4.53. The van der Waals surface area contributed by atoms with Crippen molar-refractivity contribution in [1.82, 2.24) is 5.32 Å². The molecule has 5 nitrogen and oxygen atoms in total. The summed E-state index contributed by atoms with van der Waals surface area (Å²) in [4.78, 5) is 12.5. The average molecular weight is 313 g/mol. The average Bonchev–Trinajstić information content (AvgIpc) is 2.99. The van der Waals surface area contributed by atoms with Gasteiger partial charge in [0.1, 0.15) is 5.75 Å². The van der Waals surface area contributed by atoms with Crippen LogP contribution in [-0.2, 0) is 6.54 Å². The smallest absolute Gasteiger partial charge is 0.255 e. The molecule has 1 aliphatic heterocycles. The Kier molecular flexibility index (Phi) is 4.10. The second kappa shape index (κ2) is 6.20. The third kappa shape index (κ3) is 3.08. The molecule has 23 heavy (non-hydrogen) atoms. The SMILES string of the molecule is COc1cc(C)cc(C)c1C(=O)NCc1ccc2c(c1)OCO2. The number of benzene rings is 2. The number of hydrogen-bond donors (Lipinski definition) is 1. The van der Waals surface area contributed by atoms with Crippen molar-refractivity contribution in [2.75, 3.05) is 13.9 Å². The summed E-state index contributed by atoms with van der Waals surface area (Å²) in [5, 5.41) is 2.93. The lowest BCUT2D eigenvalue weighted by molar-refractivity contribution is 0.0947. The Morgan fingerprint density at radius 2 is 1.96 bits per heavy atom. The molecule has 0 saturated carbocycles. The van der Waals surface area contributed by atoms with E-state index in [2.05, 4.69) is 5.32 Å². The molecule has 120 valence electrons. The maximum absolute atomic E-state index is 12.5. The summed E-state index contributed by atoms with van der Waals surface area (Å²) in [7, 11) is 1.57. The number of fused-ring (bicyclic) bond motifs is 1. The third-order valence-electron chi connectivity index (χ3n) is 3.78. The molecule has 0 spiro atoms. The minimum Gasteiger partial charge on any atom is -0.496 e. The zero-order valence-electron chi connectivity index (χ0n) is 13.4. The number of carbonyl (C=O) groups excluding carboxylic acids is 1. The van der Waals surface area contributed by atoms with Crippen molar-refractivity contribution in [2.45, 2.75) is 20.4 Å². The van der Waals surface area contributed by atoms with E-state index in [9.17, 15) is 4.79 Å². The van der Waals surface area contributed by atoms with E-state index in [1.54, 1.807) is 7.11 Å². The molecular weight excluding hydrogens is 294 g/mol. The Morgan fingerprint density at radius 3 is 2.74 bits per heavy atom. The maximum Gasteiger partial charge on any atom is 0.255 e. The summed E-state index contributed by atoms with van der Waals surface area (Å²) in [6, 6.07) is 9.47. The van der Waals surface area contributed by atoms with Gasteiger partial charge in [0.25, 0.3) is 5.91 Å². The highest BCUT2D eigenvalue weighted by molar-refractivity contribution is 5.98. The third-order valence-corrected chi connectivity index (χ3v) is 3.78. The molecular formula is C18H19NO4. The molecule has 2 aromatic rings. The summed E-state index contributed by atoms with van der Waals surface area (Å²) < 4.78 is 16.0. The first-order valence-electron chi connectivity index (χ1n) is 7.40. The van der Waals surface area contributed by atoms with E-state index in [4.69, 9.17) is 14.2 Å². The van der Waals surface area contributed by atoms with Gasteiger partial charge in [0, 0.05) is 6.54 Å². The second-order valence-corrected chi connectivity index (χ2v) is 5.53. The van der Waals surface area contributed by atoms with E-state index in [1.165, 1.54) is 0 Å². The molecule has 0 aromatic heterocycles. The number of carbonyl (C=O) groups is 1. The van der Waals surface area contributed by atoms with E-state index in [-0.39, 0.29) is 12.7 Å². The van der Waals surface area contributed by atoms with Crippen LogP contribution in [0, 0.1) is 13.8 Å². The highest BCUT2D eigenvalue weighted by Gasteiger charge is 2.17. The minimum absolute atomic E-state index is 0.156. The quantitative estimate of drug-likeness (QED) is 0.943. The molecule has 5 heteroatoms. The normalized spacial score (nSPS) is 12.1. The Hall–Kier alpha value is -2.69. The van der Waals surface area contributed by atoms with Crippen LogP contribution in [0.4, 0.5) is 0 Å². The first kappa shape index (κ1) is 15.2. The fraction of sp³-hybridized carbons (Fsp3) is 0.278. The molecule has 0 saturated heterocycles. The summed E-state index contributed by atoms with van der Waals surface area (Å²) in [6.07, 6.45) is 0. The molecule has 0 atom stereocenters. The van der Waals surface area contributed by atoms with Crippen molar-refractivity contribution in [3.05, 3.63) is 52.6 Å². The van der Waals surface area contributed by atoms with Crippen molar-refractivity contribution >= 4 is 5.91 Å². The number of ether oxygens (including phenoxy) is 3. The molecule has 1 aliphatic rings. The summed E-state index contributed by atoms with van der Waals surface area (Å²) in [5.74, 6) is 1.87. The zero-order valence-corrected chi connectivity index (χ0v) is 13.4. The van der Waals surface area contributed by atoms with Gasteiger partial charge in [-0.3, -0.25) is 4.79 Å². The number of rotatable bonds is 4. The largest absolute Gasteiger partial charge is 0.496 e. The van der Waals surface area contributed by atoms with Crippen LogP contribution in [0.15, 0.2) is 30.3 Å². The lowest BCUT2D eigenvalue weighted by Gasteiger charge is -2.13. The molecule has 1 heterocycles. The van der Waals surface area contributed by atoms with Crippen LogP contribution in [0.5, 0.6) is 17.2 Å². The van der Waals surface area contributed by atoms with Crippen molar-refractivity contribution in [3.8, 4) is 17.2 Å². The van der Waals surface area contributed by atoms with Gasteiger partial charge < -0.3 is 19.5 Å². The monoisotopic (exact) mass is 313 g/mol. The number of nitrogens with one attached hydrogen (secondary N) is 1. The van der Waals surface area contributed by atoms with Gasteiger partial charge in [-0.1, -0.05) is 12.1 Å². The molecule has 0 unspecified atom stereocenters. The van der Waals surface area contributed by atoms with Crippen LogP contribution in [0.25, 0.3) is 0 Å². The van der Waals surface area contributed by atoms with Crippen LogP contribution in [0.2, 0.25) is 0 Å². The van der Waals surface area contributed by atoms with Gasteiger partial charge in [-0.05, 0) is 48.7 Å². The van der Waals surface area contributed by atoms with Crippen molar-refractivity contribution < 1.29 is 19.0 Å². The first-order valence-corrected chi connectivity index (χ1v) is 7.40. The van der Waals surface area contributed by atoms with Gasteiger partial charge in [-0.2, -0.15) is 0 Å². The molecule has 3 rings (SSSR count). The first-order chi connectivity index (χ1) is 11.1. The van der Waals surface area contributed by atoms with Gasteiger partial charge in [-0.25, -0.2) is 0 Å². The van der Waals surface area contributed by atoms with Gasteiger partial charge in [-0.15, -0.1) is 0 Å². The van der Waals surface area contributed by atoms with E-state index in [0.29, 0.717) is 23.6 Å². The fourth-order valence-electron chi connectivity index (χ4n) is 2.70. The van der Waals surface area contributed by atoms with Gasteiger partial charge >= 0.3 is 0 Å². The van der Waals surface area contributed by atoms with E-state index < -0.39 is 0 Å². The molecule has 0 fully saturated rings. The molecule has 0 aliphatic carbocycles. The van der Waals surface area contributed by atoms with Crippen LogP contribution in [-0.4, -0.2) is 19.8 Å². The number of amides is 1. The molecule has 0 bridgehead atoms. The lowest BCUT2D eigenvalue weighted by Crippen LogP contribution is -2.24. The molecule has 0 radical (unpaired) electrons. The predicted molar refractivity (Wildman–Crippen MR) is 86.2 cm³/mol. The van der Waals surface area contributed by atoms with E-state index >= 15 is 0 Å². The van der Waals surface area contributed by atoms with Crippen LogP contribution >= 0.6 is 0 Å². The Balaban J connectivity index is 1.75. The van der Waals surface area contributed by atoms with Crippen LogP contribution in [0.1, 0.15) is 27.0 Å². The molecule has 1 N–H and O–H groups in total. The van der Waals surface area contributed by atoms with Crippen LogP contribution in [0.3, 0.4) is 0 Å². The highest BCUT2D eigenvalue weighted by Crippen LogP contribution is 2.32. The van der Waals surface area contributed by atoms with Crippen molar-refractivity contribution in [2.24, 2.45) is 0 Å². The fourth-order valence-corrected chi connectivity index (χ4v) is 2.70. The zero-order chi connectivity index (χ0) is 16.4. The van der Waals surface area contributed by atoms with Crippen molar-refractivity contribution in [1.29, 1.82) is 0 Å². The highest BCUT2D eigenvalue weighted by atomic mass is 16.7. The summed E-state index contributed by atoms with van der Waals surface area (Å²) in [5.41, 5.74) is 3.47. The summed E-state index contributed by atoms with van der Waals surface area (Å²) >= 11 is 0. The van der Waals surface area contributed by atoms with Crippen LogP contribution < -0.4 is 19.5 Å². The van der Waals surface area contributed by atoms with Gasteiger partial charge in [0.15, 0.2) is 11.5 Å². The Labute approximate surface area is 135 Å². The lowest BCUT2D eigenvalue weighted by atomic mass is 10.0. The van der Waals surface area contributed by atoms with Crippen molar-refractivity contribution in [3.63, 3.8) is 0 Å².